The van der Waals surface area contributed by atoms with Crippen molar-refractivity contribution in [3.05, 3.63) is 59.7 Å². The minimum atomic E-state index is -0.818. The fraction of sp³-hybridized carbons (Fsp3) is 0.0714. The molecule has 2 aromatic carbocycles. The second kappa shape index (κ2) is 6.01. The number of aromatic hydroxyl groups is 1. The molecular weight excluding hydrogens is 266 g/mol. The van der Waals surface area contributed by atoms with Gasteiger partial charge in [-0.05, 0) is 29.8 Å². The van der Waals surface area contributed by atoms with E-state index in [1.807, 2.05) is 0 Å². The van der Waals surface area contributed by atoms with Crippen LogP contribution in [0.2, 0.25) is 0 Å². The van der Waals surface area contributed by atoms with E-state index in [4.69, 9.17) is 5.11 Å². The van der Waals surface area contributed by atoms with Crippen LogP contribution in [0.1, 0.15) is 5.56 Å². The van der Waals surface area contributed by atoms with Gasteiger partial charge < -0.3 is 15.7 Å². The van der Waals surface area contributed by atoms with E-state index in [9.17, 15) is 13.6 Å². The number of urea groups is 1. The number of benzene rings is 2. The quantitative estimate of drug-likeness (QED) is 0.756. The summed E-state index contributed by atoms with van der Waals surface area (Å²) in [4.78, 5) is 11.6. The standard InChI is InChI=1S/C14H12F2N2O2/c15-10-3-1-9(2-4-10)8-17-14(20)18-11-5-6-13(19)12(16)7-11/h1-7,19H,8H2,(H2,17,18,20). The summed E-state index contributed by atoms with van der Waals surface area (Å²) in [5.74, 6) is -1.65. The van der Waals surface area contributed by atoms with Gasteiger partial charge in [0.25, 0.3) is 0 Å². The Kier molecular flexibility index (Phi) is 4.14. The molecule has 0 aliphatic heterocycles. The van der Waals surface area contributed by atoms with Crippen LogP contribution in [0.15, 0.2) is 42.5 Å². The Morgan fingerprint density at radius 1 is 1.10 bits per heavy atom. The average Bonchev–Trinajstić information content (AvgIpc) is 2.42. The predicted octanol–water partition coefficient (Wildman–Crippen LogP) is 2.99. The fourth-order valence-corrected chi connectivity index (χ4v) is 1.54. The Morgan fingerprint density at radius 2 is 1.80 bits per heavy atom. The summed E-state index contributed by atoms with van der Waals surface area (Å²) in [6.07, 6.45) is 0. The second-order valence-electron chi connectivity index (χ2n) is 4.10. The molecule has 20 heavy (non-hydrogen) atoms. The van der Waals surface area contributed by atoms with Gasteiger partial charge >= 0.3 is 6.03 Å². The van der Waals surface area contributed by atoms with E-state index in [0.717, 1.165) is 17.7 Å². The highest BCUT2D eigenvalue weighted by Gasteiger charge is 2.05. The third kappa shape index (κ3) is 3.68. The number of hydrogen-bond acceptors (Lipinski definition) is 2. The maximum Gasteiger partial charge on any atom is 0.319 e. The molecular formula is C14H12F2N2O2. The van der Waals surface area contributed by atoms with E-state index in [1.165, 1.54) is 18.2 Å². The van der Waals surface area contributed by atoms with E-state index < -0.39 is 17.6 Å². The van der Waals surface area contributed by atoms with Gasteiger partial charge in [0.1, 0.15) is 5.82 Å². The monoisotopic (exact) mass is 278 g/mol. The molecule has 0 aliphatic carbocycles. The number of amides is 2. The van der Waals surface area contributed by atoms with Gasteiger partial charge in [0, 0.05) is 18.3 Å². The van der Waals surface area contributed by atoms with E-state index >= 15 is 0 Å². The van der Waals surface area contributed by atoms with Crippen LogP contribution in [0.4, 0.5) is 19.3 Å². The largest absolute Gasteiger partial charge is 0.505 e. The van der Waals surface area contributed by atoms with Crippen LogP contribution in [0.25, 0.3) is 0 Å². The minimum Gasteiger partial charge on any atom is -0.505 e. The van der Waals surface area contributed by atoms with Gasteiger partial charge in [0.05, 0.1) is 0 Å². The van der Waals surface area contributed by atoms with Gasteiger partial charge in [-0.15, -0.1) is 0 Å². The lowest BCUT2D eigenvalue weighted by atomic mass is 10.2. The molecule has 0 saturated carbocycles. The van der Waals surface area contributed by atoms with Gasteiger partial charge in [-0.25, -0.2) is 13.6 Å². The van der Waals surface area contributed by atoms with Crippen LogP contribution in [0.5, 0.6) is 5.75 Å². The number of phenols is 1. The molecule has 6 heteroatoms. The number of phenolic OH excluding ortho intramolecular Hbond substituents is 1. The lowest BCUT2D eigenvalue weighted by Gasteiger charge is -2.08. The Morgan fingerprint density at radius 3 is 2.45 bits per heavy atom. The van der Waals surface area contributed by atoms with Crippen molar-refractivity contribution >= 4 is 11.7 Å². The topological polar surface area (TPSA) is 61.4 Å². The number of rotatable bonds is 3. The van der Waals surface area contributed by atoms with Crippen molar-refractivity contribution in [2.75, 3.05) is 5.32 Å². The molecule has 0 bridgehead atoms. The van der Waals surface area contributed by atoms with Crippen LogP contribution in [0.3, 0.4) is 0 Å². The number of carbonyl (C=O) groups excluding carboxylic acids is 1. The SMILES string of the molecule is O=C(NCc1ccc(F)cc1)Nc1ccc(O)c(F)c1. The van der Waals surface area contributed by atoms with Crippen molar-refractivity contribution in [2.24, 2.45) is 0 Å². The molecule has 2 amide bonds. The molecule has 0 aliphatic rings. The summed E-state index contributed by atoms with van der Waals surface area (Å²) in [7, 11) is 0. The number of anilines is 1. The summed E-state index contributed by atoms with van der Waals surface area (Å²) in [6, 6.07) is 8.69. The molecule has 0 atom stereocenters. The highest BCUT2D eigenvalue weighted by atomic mass is 19.1. The maximum atomic E-state index is 13.1. The molecule has 3 N–H and O–H groups in total. The zero-order chi connectivity index (χ0) is 14.5. The fourth-order valence-electron chi connectivity index (χ4n) is 1.54. The predicted molar refractivity (Wildman–Crippen MR) is 70.3 cm³/mol. The highest BCUT2D eigenvalue weighted by molar-refractivity contribution is 5.89. The van der Waals surface area contributed by atoms with Crippen molar-refractivity contribution in [1.82, 2.24) is 5.32 Å². The Bertz CT molecular complexity index is 615. The summed E-state index contributed by atoms with van der Waals surface area (Å²) in [6.45, 7) is 0.215. The smallest absolute Gasteiger partial charge is 0.319 e. The molecule has 0 heterocycles. The van der Waals surface area contributed by atoms with Crippen LogP contribution in [0, 0.1) is 11.6 Å². The summed E-state index contributed by atoms with van der Waals surface area (Å²) < 4.78 is 25.7. The molecule has 0 unspecified atom stereocenters. The summed E-state index contributed by atoms with van der Waals surface area (Å²) in [5, 5.41) is 14.0. The zero-order valence-corrected chi connectivity index (χ0v) is 10.4. The van der Waals surface area contributed by atoms with Crippen LogP contribution in [-0.2, 0) is 6.54 Å². The Labute approximate surface area is 114 Å². The number of carbonyl (C=O) groups is 1. The third-order valence-electron chi connectivity index (χ3n) is 2.57. The second-order valence-corrected chi connectivity index (χ2v) is 4.10. The lowest BCUT2D eigenvalue weighted by molar-refractivity contribution is 0.251. The Balaban J connectivity index is 1.89. The zero-order valence-electron chi connectivity index (χ0n) is 10.4. The molecule has 0 radical (unpaired) electrons. The van der Waals surface area contributed by atoms with Gasteiger partial charge in [-0.2, -0.15) is 0 Å². The van der Waals surface area contributed by atoms with Gasteiger partial charge in [0.15, 0.2) is 11.6 Å². The molecule has 2 aromatic rings. The molecule has 0 fully saturated rings. The van der Waals surface area contributed by atoms with Gasteiger partial charge in [-0.3, -0.25) is 0 Å². The number of halogens is 2. The molecule has 0 spiro atoms. The van der Waals surface area contributed by atoms with Crippen molar-refractivity contribution < 1.29 is 18.7 Å². The average molecular weight is 278 g/mol. The van der Waals surface area contributed by atoms with Gasteiger partial charge in [-0.1, -0.05) is 12.1 Å². The highest BCUT2D eigenvalue weighted by Crippen LogP contribution is 2.19. The van der Waals surface area contributed by atoms with E-state index in [2.05, 4.69) is 10.6 Å². The van der Waals surface area contributed by atoms with Crippen molar-refractivity contribution in [3.8, 4) is 5.75 Å². The molecule has 104 valence electrons. The van der Waals surface area contributed by atoms with Crippen LogP contribution >= 0.6 is 0 Å². The Hall–Kier alpha value is -2.63. The minimum absolute atomic E-state index is 0.215. The lowest BCUT2D eigenvalue weighted by Crippen LogP contribution is -2.28. The molecule has 2 rings (SSSR count). The molecule has 0 aromatic heterocycles. The summed E-state index contributed by atoms with van der Waals surface area (Å²) in [5.41, 5.74) is 0.954. The number of nitrogens with one attached hydrogen (secondary N) is 2. The molecule has 4 nitrogen and oxygen atoms in total. The first kappa shape index (κ1) is 13.8. The van der Waals surface area contributed by atoms with Crippen molar-refractivity contribution in [1.29, 1.82) is 0 Å². The third-order valence-corrected chi connectivity index (χ3v) is 2.57. The first-order valence-corrected chi connectivity index (χ1v) is 5.82. The maximum absolute atomic E-state index is 13.1. The van der Waals surface area contributed by atoms with Crippen molar-refractivity contribution in [3.63, 3.8) is 0 Å². The normalized spacial score (nSPS) is 10.1. The van der Waals surface area contributed by atoms with E-state index in [-0.39, 0.29) is 18.0 Å². The van der Waals surface area contributed by atoms with Crippen LogP contribution < -0.4 is 10.6 Å². The summed E-state index contributed by atoms with van der Waals surface area (Å²) >= 11 is 0. The van der Waals surface area contributed by atoms with E-state index in [1.54, 1.807) is 12.1 Å². The number of hydrogen-bond donors (Lipinski definition) is 3. The first-order valence-electron chi connectivity index (χ1n) is 5.82. The van der Waals surface area contributed by atoms with E-state index in [0.29, 0.717) is 0 Å². The van der Waals surface area contributed by atoms with Crippen LogP contribution in [-0.4, -0.2) is 11.1 Å². The molecule has 0 saturated heterocycles. The van der Waals surface area contributed by atoms with Crippen molar-refractivity contribution in [2.45, 2.75) is 6.54 Å². The van der Waals surface area contributed by atoms with Gasteiger partial charge in [0.2, 0.25) is 0 Å². The first-order chi connectivity index (χ1) is 9.54.